The fraction of sp³-hybridized carbons (Fsp3) is 0.692. The number of nitrogens with one attached hydrogen (secondary N) is 2. The van der Waals surface area contributed by atoms with Crippen molar-refractivity contribution >= 4 is 11.9 Å². The molecule has 1 aliphatic carbocycles. The maximum absolute atomic E-state index is 11.9. The molecule has 0 bridgehead atoms. The first-order chi connectivity index (χ1) is 9.62. The van der Waals surface area contributed by atoms with Gasteiger partial charge >= 0.3 is 5.97 Å². The van der Waals surface area contributed by atoms with Crippen molar-refractivity contribution in [2.75, 3.05) is 6.54 Å². The topological polar surface area (TPSA) is 108 Å². The van der Waals surface area contributed by atoms with Gasteiger partial charge < -0.3 is 10.4 Å². The summed E-state index contributed by atoms with van der Waals surface area (Å²) in [6.07, 6.45) is 6.07. The third-order valence-corrected chi connectivity index (χ3v) is 3.91. The molecule has 1 fully saturated rings. The molecular formula is C13H20N4O3. The Morgan fingerprint density at radius 3 is 2.70 bits per heavy atom. The number of hydrogen-bond acceptors (Lipinski definition) is 4. The third-order valence-electron chi connectivity index (χ3n) is 3.91. The molecule has 0 aliphatic heterocycles. The number of H-pyrrole nitrogens is 1. The van der Waals surface area contributed by atoms with E-state index in [0.717, 1.165) is 19.3 Å². The van der Waals surface area contributed by atoms with E-state index >= 15 is 0 Å². The van der Waals surface area contributed by atoms with Crippen molar-refractivity contribution < 1.29 is 14.7 Å². The van der Waals surface area contributed by atoms with E-state index in [1.807, 2.05) is 0 Å². The van der Waals surface area contributed by atoms with E-state index in [-0.39, 0.29) is 12.3 Å². The number of nitrogens with zero attached hydrogens (tertiary/aromatic N) is 2. The van der Waals surface area contributed by atoms with E-state index in [4.69, 9.17) is 0 Å². The Balaban J connectivity index is 1.81. The standard InChI is InChI=1S/C13H20N4O3/c18-11(14-7-4-10-15-9-16-17-10)8-13(12(19)20)5-2-1-3-6-13/h9H,1-8H2,(H,14,18)(H,19,20)(H,15,16,17). The van der Waals surface area contributed by atoms with Crippen molar-refractivity contribution in [1.29, 1.82) is 0 Å². The highest BCUT2D eigenvalue weighted by molar-refractivity contribution is 5.85. The summed E-state index contributed by atoms with van der Waals surface area (Å²) in [5, 5.41) is 18.6. The van der Waals surface area contributed by atoms with E-state index in [0.29, 0.717) is 31.6 Å². The Bertz CT molecular complexity index is 452. The summed E-state index contributed by atoms with van der Waals surface area (Å²) in [7, 11) is 0. The average molecular weight is 280 g/mol. The molecule has 20 heavy (non-hydrogen) atoms. The Morgan fingerprint density at radius 1 is 1.35 bits per heavy atom. The fourth-order valence-corrected chi connectivity index (χ4v) is 2.74. The predicted molar refractivity (Wildman–Crippen MR) is 70.9 cm³/mol. The van der Waals surface area contributed by atoms with Crippen molar-refractivity contribution in [3.05, 3.63) is 12.2 Å². The maximum Gasteiger partial charge on any atom is 0.310 e. The Kier molecular flexibility index (Phi) is 4.70. The lowest BCUT2D eigenvalue weighted by molar-refractivity contribution is -0.154. The number of hydrogen-bond donors (Lipinski definition) is 3. The monoisotopic (exact) mass is 280 g/mol. The number of carbonyl (C=O) groups is 2. The van der Waals surface area contributed by atoms with Gasteiger partial charge in [-0.25, -0.2) is 4.98 Å². The molecule has 0 atom stereocenters. The minimum atomic E-state index is -0.866. The smallest absolute Gasteiger partial charge is 0.310 e. The molecule has 1 amide bonds. The first kappa shape index (κ1) is 14.5. The first-order valence-electron chi connectivity index (χ1n) is 6.97. The second-order valence-corrected chi connectivity index (χ2v) is 5.36. The molecule has 2 rings (SSSR count). The zero-order valence-electron chi connectivity index (χ0n) is 11.4. The van der Waals surface area contributed by atoms with Gasteiger partial charge in [0.25, 0.3) is 0 Å². The molecule has 7 heteroatoms. The molecule has 0 saturated heterocycles. The van der Waals surface area contributed by atoms with Gasteiger partial charge in [0, 0.05) is 19.4 Å². The molecule has 110 valence electrons. The molecule has 0 aromatic carbocycles. The highest BCUT2D eigenvalue weighted by atomic mass is 16.4. The maximum atomic E-state index is 11.9. The van der Waals surface area contributed by atoms with Crippen LogP contribution in [0.1, 0.15) is 44.3 Å². The molecule has 1 aromatic rings. The van der Waals surface area contributed by atoms with E-state index in [1.54, 1.807) is 0 Å². The molecular weight excluding hydrogens is 260 g/mol. The molecule has 1 aliphatic rings. The predicted octanol–water partition coefficient (Wildman–Crippen LogP) is 0.889. The van der Waals surface area contributed by atoms with Crippen LogP contribution in [-0.4, -0.2) is 38.7 Å². The number of rotatable bonds is 6. The number of amides is 1. The van der Waals surface area contributed by atoms with Crippen LogP contribution in [0.2, 0.25) is 0 Å². The lowest BCUT2D eigenvalue weighted by Crippen LogP contribution is -2.39. The normalized spacial score (nSPS) is 17.6. The van der Waals surface area contributed by atoms with Crippen LogP contribution >= 0.6 is 0 Å². The molecule has 1 saturated carbocycles. The lowest BCUT2D eigenvalue weighted by Gasteiger charge is -2.32. The van der Waals surface area contributed by atoms with Gasteiger partial charge in [0.05, 0.1) is 5.41 Å². The molecule has 1 aromatic heterocycles. The lowest BCUT2D eigenvalue weighted by atomic mass is 9.71. The van der Waals surface area contributed by atoms with Gasteiger partial charge in [-0.1, -0.05) is 19.3 Å². The van der Waals surface area contributed by atoms with Crippen LogP contribution < -0.4 is 5.32 Å². The molecule has 0 unspecified atom stereocenters. The number of aliphatic carboxylic acids is 1. The second kappa shape index (κ2) is 6.49. The van der Waals surface area contributed by atoms with Crippen molar-refractivity contribution in [2.45, 2.75) is 44.9 Å². The minimum Gasteiger partial charge on any atom is -0.481 e. The largest absolute Gasteiger partial charge is 0.481 e. The first-order valence-corrected chi connectivity index (χ1v) is 6.97. The SMILES string of the molecule is O=C(CC1(C(=O)O)CCCCC1)NCCc1ncn[nH]1. The molecule has 0 spiro atoms. The molecule has 7 nitrogen and oxygen atoms in total. The van der Waals surface area contributed by atoms with E-state index in [9.17, 15) is 14.7 Å². The van der Waals surface area contributed by atoms with E-state index in [1.165, 1.54) is 6.33 Å². The van der Waals surface area contributed by atoms with E-state index < -0.39 is 11.4 Å². The Morgan fingerprint density at radius 2 is 2.10 bits per heavy atom. The van der Waals surface area contributed by atoms with Crippen molar-refractivity contribution in [3.8, 4) is 0 Å². The van der Waals surface area contributed by atoms with Crippen LogP contribution in [0.3, 0.4) is 0 Å². The number of carbonyl (C=O) groups excluding carboxylic acids is 1. The summed E-state index contributed by atoms with van der Waals surface area (Å²) in [6.45, 7) is 0.434. The molecule has 3 N–H and O–H groups in total. The Labute approximate surface area is 117 Å². The zero-order valence-corrected chi connectivity index (χ0v) is 11.4. The summed E-state index contributed by atoms with van der Waals surface area (Å²) in [6, 6.07) is 0. The van der Waals surface area contributed by atoms with Crippen molar-refractivity contribution in [2.24, 2.45) is 5.41 Å². The summed E-state index contributed by atoms with van der Waals surface area (Å²) >= 11 is 0. The second-order valence-electron chi connectivity index (χ2n) is 5.36. The number of carboxylic acids is 1. The number of carboxylic acid groups (broad SMARTS) is 1. The zero-order chi connectivity index (χ0) is 14.4. The fourth-order valence-electron chi connectivity index (χ4n) is 2.74. The third kappa shape index (κ3) is 3.55. The van der Waals surface area contributed by atoms with Gasteiger partial charge in [-0.3, -0.25) is 14.7 Å². The number of aromatic nitrogens is 3. The van der Waals surface area contributed by atoms with Crippen molar-refractivity contribution in [1.82, 2.24) is 20.5 Å². The quantitative estimate of drug-likeness (QED) is 0.717. The molecule has 1 heterocycles. The average Bonchev–Trinajstić information content (AvgIpc) is 2.93. The van der Waals surface area contributed by atoms with Crippen molar-refractivity contribution in [3.63, 3.8) is 0 Å². The summed E-state index contributed by atoms with van der Waals surface area (Å²) in [5.74, 6) is -0.340. The van der Waals surface area contributed by atoms with Gasteiger partial charge in [0.2, 0.25) is 5.91 Å². The minimum absolute atomic E-state index is 0.0682. The van der Waals surface area contributed by atoms with E-state index in [2.05, 4.69) is 20.5 Å². The summed E-state index contributed by atoms with van der Waals surface area (Å²) < 4.78 is 0. The van der Waals surface area contributed by atoms with Crippen LogP contribution in [0.4, 0.5) is 0 Å². The van der Waals surface area contributed by atoms with Gasteiger partial charge in [-0.15, -0.1) is 0 Å². The van der Waals surface area contributed by atoms with Gasteiger partial charge in [0.1, 0.15) is 12.2 Å². The number of aromatic amines is 1. The van der Waals surface area contributed by atoms with Crippen LogP contribution in [0.15, 0.2) is 6.33 Å². The Hall–Kier alpha value is -1.92. The highest BCUT2D eigenvalue weighted by Gasteiger charge is 2.41. The highest BCUT2D eigenvalue weighted by Crippen LogP contribution is 2.39. The van der Waals surface area contributed by atoms with Crippen LogP contribution in [0.5, 0.6) is 0 Å². The summed E-state index contributed by atoms with van der Waals surface area (Å²) in [4.78, 5) is 27.4. The van der Waals surface area contributed by atoms with Crippen LogP contribution in [0.25, 0.3) is 0 Å². The van der Waals surface area contributed by atoms with Gasteiger partial charge in [0.15, 0.2) is 0 Å². The van der Waals surface area contributed by atoms with Crippen LogP contribution in [0, 0.1) is 5.41 Å². The van der Waals surface area contributed by atoms with Gasteiger partial charge in [-0.05, 0) is 12.8 Å². The van der Waals surface area contributed by atoms with Gasteiger partial charge in [-0.2, -0.15) is 5.10 Å². The summed E-state index contributed by atoms with van der Waals surface area (Å²) in [5.41, 5.74) is -0.866. The van der Waals surface area contributed by atoms with Crippen LogP contribution in [-0.2, 0) is 16.0 Å². The molecule has 0 radical (unpaired) electrons.